The SMILES string of the molecule is CC(C)(C)OC(=O)NCCC(=O)NC1CCN(C(=O)c2ccoc2)CC1. The van der Waals surface area contributed by atoms with Gasteiger partial charge >= 0.3 is 6.09 Å². The van der Waals surface area contributed by atoms with Crippen LogP contribution < -0.4 is 10.6 Å². The Morgan fingerprint density at radius 3 is 2.54 bits per heavy atom. The molecule has 0 spiro atoms. The molecule has 1 aliphatic rings. The third kappa shape index (κ3) is 6.42. The Balaban J connectivity index is 1.63. The Morgan fingerprint density at radius 2 is 1.96 bits per heavy atom. The van der Waals surface area contributed by atoms with Gasteiger partial charge < -0.3 is 24.7 Å². The highest BCUT2D eigenvalue weighted by molar-refractivity contribution is 5.93. The van der Waals surface area contributed by atoms with Crippen molar-refractivity contribution in [3.05, 3.63) is 24.2 Å². The molecule has 0 unspecified atom stereocenters. The molecule has 0 bridgehead atoms. The summed E-state index contributed by atoms with van der Waals surface area (Å²) in [5.74, 6) is -0.175. The fourth-order valence-corrected chi connectivity index (χ4v) is 2.69. The van der Waals surface area contributed by atoms with Gasteiger partial charge in [-0.25, -0.2) is 4.79 Å². The Bertz CT molecular complexity index is 613. The number of carbonyl (C=O) groups excluding carboxylic acids is 3. The van der Waals surface area contributed by atoms with E-state index in [9.17, 15) is 14.4 Å². The van der Waals surface area contributed by atoms with Gasteiger partial charge in [-0.3, -0.25) is 9.59 Å². The van der Waals surface area contributed by atoms with Crippen molar-refractivity contribution in [2.24, 2.45) is 0 Å². The van der Waals surface area contributed by atoms with Crippen molar-refractivity contribution in [3.8, 4) is 0 Å². The van der Waals surface area contributed by atoms with E-state index in [2.05, 4.69) is 10.6 Å². The van der Waals surface area contributed by atoms with Crippen LogP contribution in [-0.2, 0) is 9.53 Å². The summed E-state index contributed by atoms with van der Waals surface area (Å²) in [6.07, 6.45) is 3.98. The maximum Gasteiger partial charge on any atom is 0.407 e. The van der Waals surface area contributed by atoms with Crippen molar-refractivity contribution in [2.45, 2.75) is 51.7 Å². The summed E-state index contributed by atoms with van der Waals surface area (Å²) in [6, 6.07) is 1.69. The van der Waals surface area contributed by atoms with Gasteiger partial charge in [-0.1, -0.05) is 0 Å². The number of hydrogen-bond acceptors (Lipinski definition) is 5. The first-order valence-electron chi connectivity index (χ1n) is 8.82. The Hall–Kier alpha value is -2.51. The van der Waals surface area contributed by atoms with Crippen LogP contribution in [-0.4, -0.2) is 54.1 Å². The normalized spacial score (nSPS) is 15.4. The first kappa shape index (κ1) is 19.8. The van der Waals surface area contributed by atoms with E-state index in [1.165, 1.54) is 12.5 Å². The molecular weight excluding hydrogens is 338 g/mol. The van der Waals surface area contributed by atoms with E-state index in [-0.39, 0.29) is 30.8 Å². The van der Waals surface area contributed by atoms with Crippen LogP contribution in [0.4, 0.5) is 4.79 Å². The monoisotopic (exact) mass is 365 g/mol. The van der Waals surface area contributed by atoms with Crippen LogP contribution in [0.1, 0.15) is 50.4 Å². The van der Waals surface area contributed by atoms with E-state index in [0.29, 0.717) is 31.5 Å². The maximum absolute atomic E-state index is 12.2. The number of furan rings is 1. The molecule has 0 atom stereocenters. The van der Waals surface area contributed by atoms with E-state index in [1.54, 1.807) is 31.7 Å². The second-order valence-electron chi connectivity index (χ2n) is 7.32. The molecule has 2 N–H and O–H groups in total. The first-order valence-corrected chi connectivity index (χ1v) is 8.82. The van der Waals surface area contributed by atoms with E-state index < -0.39 is 11.7 Å². The number of nitrogens with one attached hydrogen (secondary N) is 2. The minimum Gasteiger partial charge on any atom is -0.472 e. The van der Waals surface area contributed by atoms with E-state index in [4.69, 9.17) is 9.15 Å². The minimum absolute atomic E-state index is 0.0393. The van der Waals surface area contributed by atoms with Crippen LogP contribution in [0, 0.1) is 0 Å². The smallest absolute Gasteiger partial charge is 0.407 e. The van der Waals surface area contributed by atoms with Crippen molar-refractivity contribution in [3.63, 3.8) is 0 Å². The lowest BCUT2D eigenvalue weighted by molar-refractivity contribution is -0.121. The zero-order valence-electron chi connectivity index (χ0n) is 15.5. The van der Waals surface area contributed by atoms with Gasteiger partial charge in [0.1, 0.15) is 11.9 Å². The molecule has 8 nitrogen and oxygen atoms in total. The quantitative estimate of drug-likeness (QED) is 0.830. The lowest BCUT2D eigenvalue weighted by atomic mass is 10.0. The predicted octanol–water partition coefficient (Wildman–Crippen LogP) is 1.92. The van der Waals surface area contributed by atoms with Gasteiger partial charge in [0, 0.05) is 32.1 Å². The molecule has 26 heavy (non-hydrogen) atoms. The molecule has 144 valence electrons. The Kier molecular flexibility index (Phi) is 6.65. The number of carbonyl (C=O) groups is 3. The molecule has 8 heteroatoms. The molecular formula is C18H27N3O5. The van der Waals surface area contributed by atoms with Gasteiger partial charge in [0.25, 0.3) is 5.91 Å². The highest BCUT2D eigenvalue weighted by Crippen LogP contribution is 2.14. The van der Waals surface area contributed by atoms with E-state index in [1.807, 2.05) is 0 Å². The largest absolute Gasteiger partial charge is 0.472 e. The van der Waals surface area contributed by atoms with Crippen molar-refractivity contribution < 1.29 is 23.5 Å². The lowest BCUT2D eigenvalue weighted by Crippen LogP contribution is -2.47. The summed E-state index contributed by atoms with van der Waals surface area (Å²) >= 11 is 0. The zero-order valence-corrected chi connectivity index (χ0v) is 15.5. The van der Waals surface area contributed by atoms with Gasteiger partial charge in [-0.2, -0.15) is 0 Å². The molecule has 2 rings (SSSR count). The second kappa shape index (κ2) is 8.73. The summed E-state index contributed by atoms with van der Waals surface area (Å²) in [6.45, 7) is 6.74. The van der Waals surface area contributed by atoms with Gasteiger partial charge in [-0.15, -0.1) is 0 Å². The zero-order chi connectivity index (χ0) is 19.2. The van der Waals surface area contributed by atoms with E-state index >= 15 is 0 Å². The van der Waals surface area contributed by atoms with Crippen LogP contribution in [0.2, 0.25) is 0 Å². The highest BCUT2D eigenvalue weighted by atomic mass is 16.6. The van der Waals surface area contributed by atoms with Crippen LogP contribution in [0.5, 0.6) is 0 Å². The fourth-order valence-electron chi connectivity index (χ4n) is 2.69. The second-order valence-corrected chi connectivity index (χ2v) is 7.32. The van der Waals surface area contributed by atoms with E-state index in [0.717, 1.165) is 0 Å². The average Bonchev–Trinajstić information content (AvgIpc) is 3.07. The van der Waals surface area contributed by atoms with Gasteiger partial charge in [0.15, 0.2) is 0 Å². The number of piperidine rings is 1. The first-order chi connectivity index (χ1) is 12.2. The van der Waals surface area contributed by atoms with Crippen LogP contribution in [0.25, 0.3) is 0 Å². The van der Waals surface area contributed by atoms with Crippen LogP contribution in [0.15, 0.2) is 23.0 Å². The standard InChI is InChI=1S/C18H27N3O5/c1-18(2,3)26-17(24)19-8-4-15(22)20-14-5-9-21(10-6-14)16(23)13-7-11-25-12-13/h7,11-12,14H,4-6,8-10H2,1-3H3,(H,19,24)(H,20,22). The number of alkyl carbamates (subject to hydrolysis) is 1. The minimum atomic E-state index is -0.561. The predicted molar refractivity (Wildman–Crippen MR) is 94.6 cm³/mol. The molecule has 2 heterocycles. The molecule has 1 aliphatic heterocycles. The lowest BCUT2D eigenvalue weighted by Gasteiger charge is -2.32. The van der Waals surface area contributed by atoms with Gasteiger partial charge in [-0.05, 0) is 39.7 Å². The van der Waals surface area contributed by atoms with Crippen molar-refractivity contribution >= 4 is 17.9 Å². The number of hydrogen-bond donors (Lipinski definition) is 2. The van der Waals surface area contributed by atoms with Crippen molar-refractivity contribution in [1.29, 1.82) is 0 Å². The third-order valence-electron chi connectivity index (χ3n) is 3.94. The molecule has 0 saturated carbocycles. The molecule has 0 aliphatic carbocycles. The topological polar surface area (TPSA) is 101 Å². The average molecular weight is 365 g/mol. The number of ether oxygens (including phenoxy) is 1. The number of likely N-dealkylation sites (tertiary alicyclic amines) is 1. The summed E-state index contributed by atoms with van der Waals surface area (Å²) in [4.78, 5) is 37.5. The third-order valence-corrected chi connectivity index (χ3v) is 3.94. The molecule has 1 saturated heterocycles. The molecule has 1 aromatic rings. The molecule has 3 amide bonds. The summed E-state index contributed by atoms with van der Waals surface area (Å²) in [7, 11) is 0. The fraction of sp³-hybridized carbons (Fsp3) is 0.611. The highest BCUT2D eigenvalue weighted by Gasteiger charge is 2.25. The van der Waals surface area contributed by atoms with Crippen LogP contribution >= 0.6 is 0 Å². The molecule has 0 aromatic carbocycles. The maximum atomic E-state index is 12.2. The Morgan fingerprint density at radius 1 is 1.27 bits per heavy atom. The summed E-state index contributed by atoms with van der Waals surface area (Å²) in [5.41, 5.74) is -0.0190. The summed E-state index contributed by atoms with van der Waals surface area (Å²) < 4.78 is 10.0. The number of amides is 3. The molecule has 1 fully saturated rings. The molecule has 1 aromatic heterocycles. The van der Waals surface area contributed by atoms with Crippen molar-refractivity contribution in [1.82, 2.24) is 15.5 Å². The number of nitrogens with zero attached hydrogens (tertiary/aromatic N) is 1. The van der Waals surface area contributed by atoms with Crippen molar-refractivity contribution in [2.75, 3.05) is 19.6 Å². The van der Waals surface area contributed by atoms with Gasteiger partial charge in [0.2, 0.25) is 5.91 Å². The summed E-state index contributed by atoms with van der Waals surface area (Å²) in [5, 5.41) is 5.51. The van der Waals surface area contributed by atoms with Crippen LogP contribution in [0.3, 0.4) is 0 Å². The molecule has 0 radical (unpaired) electrons. The van der Waals surface area contributed by atoms with Gasteiger partial charge in [0.05, 0.1) is 11.8 Å². The number of rotatable bonds is 5. The Labute approximate surface area is 153 Å².